The molecule has 0 spiro atoms. The zero-order valence-electron chi connectivity index (χ0n) is 9.11. The predicted octanol–water partition coefficient (Wildman–Crippen LogP) is -0.512. The summed E-state index contributed by atoms with van der Waals surface area (Å²) in [4.78, 5) is 2.30. The van der Waals surface area contributed by atoms with Crippen molar-refractivity contribution in [2.24, 2.45) is 0 Å². The molecule has 2 rings (SSSR count). The van der Waals surface area contributed by atoms with Crippen molar-refractivity contribution in [3.05, 3.63) is 18.2 Å². The molecule has 3 nitrogen and oxygen atoms in total. The van der Waals surface area contributed by atoms with Crippen molar-refractivity contribution in [3.8, 4) is 0 Å². The molecule has 0 aliphatic carbocycles. The van der Waals surface area contributed by atoms with E-state index in [0.29, 0.717) is 0 Å². The maximum absolute atomic E-state index is 9.43. The number of benzene rings is 1. The lowest BCUT2D eigenvalue weighted by Gasteiger charge is -2.31. The Hall–Kier alpha value is -1.16. The highest BCUT2D eigenvalue weighted by Crippen LogP contribution is 2.19. The first kappa shape index (κ1) is 10.4. The standard InChI is InChI=1S/C11H17BN2O/c12-10-7-8(1-2-11(10)13)14-5-3-9(15)4-6-14/h1-2,7,9,15H,3-6,12-13H2. The van der Waals surface area contributed by atoms with Crippen LogP contribution in [0.4, 0.5) is 11.4 Å². The van der Waals surface area contributed by atoms with E-state index in [1.54, 1.807) is 0 Å². The summed E-state index contributed by atoms with van der Waals surface area (Å²) in [5.74, 6) is 0. The van der Waals surface area contributed by atoms with Crippen LogP contribution in [0.25, 0.3) is 0 Å². The van der Waals surface area contributed by atoms with Crippen molar-refractivity contribution in [1.29, 1.82) is 0 Å². The zero-order valence-corrected chi connectivity index (χ0v) is 9.11. The number of aliphatic hydroxyl groups is 1. The molecule has 4 heteroatoms. The van der Waals surface area contributed by atoms with Crippen molar-refractivity contribution in [1.82, 2.24) is 0 Å². The van der Waals surface area contributed by atoms with Crippen LogP contribution >= 0.6 is 0 Å². The highest BCUT2D eigenvalue weighted by atomic mass is 16.3. The lowest BCUT2D eigenvalue weighted by Crippen LogP contribution is -2.36. The first-order chi connectivity index (χ1) is 7.16. The van der Waals surface area contributed by atoms with Crippen LogP contribution in [0, 0.1) is 0 Å². The molecule has 1 saturated heterocycles. The molecular formula is C11H17BN2O. The molecule has 1 aliphatic rings. The Morgan fingerprint density at radius 1 is 1.33 bits per heavy atom. The summed E-state index contributed by atoms with van der Waals surface area (Å²) < 4.78 is 0. The van der Waals surface area contributed by atoms with E-state index in [4.69, 9.17) is 5.73 Å². The van der Waals surface area contributed by atoms with Gasteiger partial charge in [0, 0.05) is 24.5 Å². The van der Waals surface area contributed by atoms with Crippen molar-refractivity contribution in [2.45, 2.75) is 18.9 Å². The third-order valence-electron chi connectivity index (χ3n) is 3.08. The van der Waals surface area contributed by atoms with E-state index in [-0.39, 0.29) is 6.10 Å². The molecule has 0 bridgehead atoms. The van der Waals surface area contributed by atoms with Crippen LogP contribution in [0.3, 0.4) is 0 Å². The maximum Gasteiger partial charge on any atom is 0.142 e. The minimum atomic E-state index is -0.115. The number of anilines is 2. The van der Waals surface area contributed by atoms with Gasteiger partial charge in [-0.25, -0.2) is 0 Å². The van der Waals surface area contributed by atoms with Crippen molar-refractivity contribution < 1.29 is 5.11 Å². The summed E-state index contributed by atoms with van der Waals surface area (Å²) in [5, 5.41) is 9.43. The van der Waals surface area contributed by atoms with Crippen molar-refractivity contribution in [2.75, 3.05) is 23.7 Å². The highest BCUT2D eigenvalue weighted by molar-refractivity contribution is 6.35. The van der Waals surface area contributed by atoms with Crippen LogP contribution < -0.4 is 16.1 Å². The predicted molar refractivity (Wildman–Crippen MR) is 66.5 cm³/mol. The smallest absolute Gasteiger partial charge is 0.142 e. The first-order valence-corrected chi connectivity index (χ1v) is 5.46. The Labute approximate surface area is 91.3 Å². The summed E-state index contributed by atoms with van der Waals surface area (Å²) in [5.41, 5.74) is 8.97. The Balaban J connectivity index is 2.12. The minimum absolute atomic E-state index is 0.115. The van der Waals surface area contributed by atoms with Crippen molar-refractivity contribution in [3.63, 3.8) is 0 Å². The van der Waals surface area contributed by atoms with E-state index in [2.05, 4.69) is 17.0 Å². The first-order valence-electron chi connectivity index (χ1n) is 5.46. The summed E-state index contributed by atoms with van der Waals surface area (Å²) in [7, 11) is 2.03. The van der Waals surface area contributed by atoms with Gasteiger partial charge in [-0.15, -0.1) is 0 Å². The van der Waals surface area contributed by atoms with E-state index in [1.807, 2.05) is 13.9 Å². The molecule has 1 fully saturated rings. The van der Waals surface area contributed by atoms with Gasteiger partial charge in [0.1, 0.15) is 7.85 Å². The molecular weight excluding hydrogens is 187 g/mol. The summed E-state index contributed by atoms with van der Waals surface area (Å²) in [6.07, 6.45) is 1.61. The van der Waals surface area contributed by atoms with Crippen LogP contribution in [0.1, 0.15) is 12.8 Å². The van der Waals surface area contributed by atoms with Gasteiger partial charge in [0.15, 0.2) is 0 Å². The summed E-state index contributed by atoms with van der Waals surface area (Å²) in [6.45, 7) is 1.87. The number of piperidine rings is 1. The van der Waals surface area contributed by atoms with Gasteiger partial charge in [-0.05, 0) is 31.0 Å². The Bertz CT molecular complexity index is 348. The number of hydrogen-bond acceptors (Lipinski definition) is 3. The number of aliphatic hydroxyl groups excluding tert-OH is 1. The fourth-order valence-corrected chi connectivity index (χ4v) is 1.98. The average molecular weight is 204 g/mol. The van der Waals surface area contributed by atoms with E-state index in [1.165, 1.54) is 5.69 Å². The summed E-state index contributed by atoms with van der Waals surface area (Å²) in [6, 6.07) is 6.13. The Morgan fingerprint density at radius 3 is 2.60 bits per heavy atom. The number of nitrogens with zero attached hydrogens (tertiary/aromatic N) is 1. The van der Waals surface area contributed by atoms with Crippen LogP contribution in [0.5, 0.6) is 0 Å². The molecule has 1 aromatic rings. The third-order valence-corrected chi connectivity index (χ3v) is 3.08. The van der Waals surface area contributed by atoms with Gasteiger partial charge in [0.25, 0.3) is 0 Å². The van der Waals surface area contributed by atoms with Crippen LogP contribution in [-0.2, 0) is 0 Å². The molecule has 1 heterocycles. The molecule has 80 valence electrons. The van der Waals surface area contributed by atoms with E-state index in [9.17, 15) is 5.11 Å². The normalized spacial score (nSPS) is 18.1. The van der Waals surface area contributed by atoms with Gasteiger partial charge < -0.3 is 15.7 Å². The molecule has 3 N–H and O–H groups in total. The highest BCUT2D eigenvalue weighted by Gasteiger charge is 2.17. The van der Waals surface area contributed by atoms with E-state index in [0.717, 1.165) is 37.1 Å². The lowest BCUT2D eigenvalue weighted by molar-refractivity contribution is 0.145. The maximum atomic E-state index is 9.43. The van der Waals surface area contributed by atoms with E-state index >= 15 is 0 Å². The molecule has 0 radical (unpaired) electrons. The lowest BCUT2D eigenvalue weighted by atomic mass is 9.93. The SMILES string of the molecule is Bc1cc(N2CCC(O)CC2)ccc1N. The molecule has 15 heavy (non-hydrogen) atoms. The average Bonchev–Trinajstić information content (AvgIpc) is 2.23. The number of nitrogens with two attached hydrogens (primary N) is 1. The largest absolute Gasteiger partial charge is 0.399 e. The second kappa shape index (κ2) is 4.15. The van der Waals surface area contributed by atoms with Crippen LogP contribution in [-0.4, -0.2) is 32.1 Å². The van der Waals surface area contributed by atoms with Crippen molar-refractivity contribution >= 4 is 24.7 Å². The number of hydrogen-bond donors (Lipinski definition) is 2. The van der Waals surface area contributed by atoms with Gasteiger partial charge >= 0.3 is 0 Å². The molecule has 0 saturated carbocycles. The number of nitrogen functional groups attached to an aromatic ring is 1. The second-order valence-electron chi connectivity index (χ2n) is 4.26. The Morgan fingerprint density at radius 2 is 2.00 bits per heavy atom. The van der Waals surface area contributed by atoms with Crippen LogP contribution in [0.15, 0.2) is 18.2 Å². The van der Waals surface area contributed by atoms with Gasteiger partial charge in [0.05, 0.1) is 6.10 Å². The fourth-order valence-electron chi connectivity index (χ4n) is 1.98. The topological polar surface area (TPSA) is 49.5 Å². The van der Waals surface area contributed by atoms with Gasteiger partial charge in [-0.2, -0.15) is 0 Å². The molecule has 1 aromatic carbocycles. The third kappa shape index (κ3) is 2.26. The Kier molecular flexibility index (Phi) is 2.87. The second-order valence-corrected chi connectivity index (χ2v) is 4.26. The molecule has 0 unspecified atom stereocenters. The molecule has 0 amide bonds. The quantitative estimate of drug-likeness (QED) is 0.478. The summed E-state index contributed by atoms with van der Waals surface area (Å²) >= 11 is 0. The van der Waals surface area contributed by atoms with E-state index < -0.39 is 0 Å². The monoisotopic (exact) mass is 204 g/mol. The van der Waals surface area contributed by atoms with Gasteiger partial charge in [-0.1, -0.05) is 5.46 Å². The molecule has 0 atom stereocenters. The van der Waals surface area contributed by atoms with Gasteiger partial charge in [-0.3, -0.25) is 0 Å². The minimum Gasteiger partial charge on any atom is -0.399 e. The van der Waals surface area contributed by atoms with Crippen LogP contribution in [0.2, 0.25) is 0 Å². The fraction of sp³-hybridized carbons (Fsp3) is 0.455. The number of rotatable bonds is 1. The zero-order chi connectivity index (χ0) is 10.8. The van der Waals surface area contributed by atoms with Gasteiger partial charge in [0.2, 0.25) is 0 Å². The molecule has 1 aliphatic heterocycles. The molecule has 0 aromatic heterocycles.